The fraction of sp³-hybridized carbons (Fsp3) is 0.471. The first kappa shape index (κ1) is 18.7. The molecule has 2 N–H and O–H groups in total. The molecule has 1 aromatic carbocycles. The summed E-state index contributed by atoms with van der Waals surface area (Å²) in [5.74, 6) is 2.34. The van der Waals surface area contributed by atoms with E-state index < -0.39 is 0 Å². The van der Waals surface area contributed by atoms with E-state index in [1.165, 1.54) is 12.1 Å². The summed E-state index contributed by atoms with van der Waals surface area (Å²) < 4.78 is 23.7. The number of hydrogen-bond donors (Lipinski definition) is 2. The van der Waals surface area contributed by atoms with Gasteiger partial charge in [0.2, 0.25) is 5.89 Å². The molecule has 2 aromatic rings. The van der Waals surface area contributed by atoms with Crippen LogP contribution < -0.4 is 15.4 Å². The number of rotatable bonds is 8. The lowest BCUT2D eigenvalue weighted by atomic mass is 10.3. The van der Waals surface area contributed by atoms with Gasteiger partial charge in [0.05, 0.1) is 6.54 Å². The van der Waals surface area contributed by atoms with Crippen LogP contribution in [0.1, 0.15) is 25.1 Å². The Labute approximate surface area is 146 Å². The number of aromatic nitrogens is 2. The van der Waals surface area contributed by atoms with E-state index in [0.717, 1.165) is 19.4 Å². The molecular formula is C17H24FN5O2. The van der Waals surface area contributed by atoms with Crippen molar-refractivity contribution in [3.05, 3.63) is 41.8 Å². The highest BCUT2D eigenvalue weighted by Gasteiger charge is 2.06. The van der Waals surface area contributed by atoms with Gasteiger partial charge < -0.3 is 19.9 Å². The third-order valence-electron chi connectivity index (χ3n) is 3.36. The predicted molar refractivity (Wildman–Crippen MR) is 93.2 cm³/mol. The summed E-state index contributed by atoms with van der Waals surface area (Å²) in [7, 11) is 1.71. The van der Waals surface area contributed by atoms with Gasteiger partial charge in [0, 0.05) is 20.0 Å². The molecular weight excluding hydrogens is 325 g/mol. The lowest BCUT2D eigenvalue weighted by Gasteiger charge is -2.17. The highest BCUT2D eigenvalue weighted by atomic mass is 19.1. The van der Waals surface area contributed by atoms with E-state index in [2.05, 4.69) is 25.8 Å². The van der Waals surface area contributed by atoms with Crippen molar-refractivity contribution in [1.82, 2.24) is 20.8 Å². The molecule has 0 saturated heterocycles. The number of nitrogens with zero attached hydrogens (tertiary/aromatic N) is 3. The van der Waals surface area contributed by atoms with Crippen LogP contribution in [0.15, 0.2) is 33.8 Å². The molecule has 25 heavy (non-hydrogen) atoms. The highest BCUT2D eigenvalue weighted by molar-refractivity contribution is 5.79. The van der Waals surface area contributed by atoms with Gasteiger partial charge in [-0.1, -0.05) is 5.16 Å². The second-order valence-corrected chi connectivity index (χ2v) is 5.60. The SMILES string of the molecule is CN=C(NCCCc1nc(C)no1)NCC(C)Oc1ccc(F)cc1. The molecule has 1 heterocycles. The third kappa shape index (κ3) is 6.78. The van der Waals surface area contributed by atoms with Crippen molar-refractivity contribution in [2.45, 2.75) is 32.8 Å². The summed E-state index contributed by atoms with van der Waals surface area (Å²) in [6, 6.07) is 5.97. The quantitative estimate of drug-likeness (QED) is 0.431. The number of guanidine groups is 1. The van der Waals surface area contributed by atoms with Gasteiger partial charge in [0.15, 0.2) is 11.8 Å². The van der Waals surface area contributed by atoms with Crippen molar-refractivity contribution < 1.29 is 13.7 Å². The van der Waals surface area contributed by atoms with Crippen LogP contribution in [0.3, 0.4) is 0 Å². The molecule has 0 aliphatic carbocycles. The van der Waals surface area contributed by atoms with Crippen LogP contribution in [-0.2, 0) is 6.42 Å². The zero-order valence-electron chi connectivity index (χ0n) is 14.8. The minimum atomic E-state index is -0.279. The van der Waals surface area contributed by atoms with E-state index in [1.54, 1.807) is 26.1 Å². The molecule has 136 valence electrons. The number of ether oxygens (including phenoxy) is 1. The zero-order chi connectivity index (χ0) is 18.1. The molecule has 0 bridgehead atoms. The van der Waals surface area contributed by atoms with Crippen LogP contribution in [0.4, 0.5) is 4.39 Å². The van der Waals surface area contributed by atoms with E-state index in [9.17, 15) is 4.39 Å². The van der Waals surface area contributed by atoms with Gasteiger partial charge in [-0.3, -0.25) is 4.99 Å². The van der Waals surface area contributed by atoms with Crippen LogP contribution in [0, 0.1) is 12.7 Å². The molecule has 1 atom stereocenters. The average molecular weight is 349 g/mol. The van der Waals surface area contributed by atoms with E-state index >= 15 is 0 Å². The topological polar surface area (TPSA) is 84.6 Å². The maximum atomic E-state index is 12.9. The summed E-state index contributed by atoms with van der Waals surface area (Å²) in [6.45, 7) is 5.03. The molecule has 0 amide bonds. The van der Waals surface area contributed by atoms with E-state index in [1.807, 2.05) is 6.92 Å². The maximum Gasteiger partial charge on any atom is 0.226 e. The molecule has 0 saturated carbocycles. The van der Waals surface area contributed by atoms with Crippen LogP contribution in [-0.4, -0.2) is 42.3 Å². The van der Waals surface area contributed by atoms with Crippen molar-refractivity contribution >= 4 is 5.96 Å². The molecule has 1 aromatic heterocycles. The number of nitrogens with one attached hydrogen (secondary N) is 2. The molecule has 0 fully saturated rings. The first-order valence-electron chi connectivity index (χ1n) is 8.22. The smallest absolute Gasteiger partial charge is 0.226 e. The van der Waals surface area contributed by atoms with E-state index in [0.29, 0.717) is 30.0 Å². The Morgan fingerprint density at radius 3 is 2.72 bits per heavy atom. The summed E-state index contributed by atoms with van der Waals surface area (Å²) in [6.07, 6.45) is 1.48. The normalized spacial score (nSPS) is 12.7. The Hall–Kier alpha value is -2.64. The van der Waals surface area contributed by atoms with Crippen LogP contribution >= 0.6 is 0 Å². The van der Waals surface area contributed by atoms with Gasteiger partial charge in [0.25, 0.3) is 0 Å². The third-order valence-corrected chi connectivity index (χ3v) is 3.36. The summed E-state index contributed by atoms with van der Waals surface area (Å²) in [5, 5.41) is 10.2. The van der Waals surface area contributed by atoms with Gasteiger partial charge in [0.1, 0.15) is 17.7 Å². The summed E-state index contributed by atoms with van der Waals surface area (Å²) in [5.41, 5.74) is 0. The lowest BCUT2D eigenvalue weighted by Crippen LogP contribution is -2.42. The minimum absolute atomic E-state index is 0.0922. The fourth-order valence-corrected chi connectivity index (χ4v) is 2.14. The Bertz CT molecular complexity index is 672. The molecule has 0 aliphatic heterocycles. The first-order chi connectivity index (χ1) is 12.1. The monoisotopic (exact) mass is 349 g/mol. The van der Waals surface area contributed by atoms with Crippen molar-refractivity contribution in [1.29, 1.82) is 0 Å². The van der Waals surface area contributed by atoms with Gasteiger partial charge in [-0.15, -0.1) is 0 Å². The van der Waals surface area contributed by atoms with E-state index in [-0.39, 0.29) is 11.9 Å². The Kier molecular flexibility index (Phi) is 7.18. The Morgan fingerprint density at radius 1 is 1.32 bits per heavy atom. The van der Waals surface area contributed by atoms with Gasteiger partial charge in [-0.05, 0) is 44.5 Å². The van der Waals surface area contributed by atoms with Gasteiger partial charge in [-0.25, -0.2) is 4.39 Å². The first-order valence-corrected chi connectivity index (χ1v) is 8.22. The summed E-state index contributed by atoms with van der Waals surface area (Å²) in [4.78, 5) is 8.33. The minimum Gasteiger partial charge on any atom is -0.489 e. The number of benzene rings is 1. The van der Waals surface area contributed by atoms with Crippen molar-refractivity contribution in [2.75, 3.05) is 20.1 Å². The zero-order valence-corrected chi connectivity index (χ0v) is 14.8. The molecule has 8 heteroatoms. The standard InChI is InChI=1S/C17H24FN5O2/c1-12(24-15-8-6-14(18)7-9-15)11-21-17(19-3)20-10-4-5-16-22-13(2)23-25-16/h6-9,12H,4-5,10-11H2,1-3H3,(H2,19,20,21). The lowest BCUT2D eigenvalue weighted by molar-refractivity contribution is 0.223. The second-order valence-electron chi connectivity index (χ2n) is 5.60. The average Bonchev–Trinajstić information content (AvgIpc) is 3.01. The van der Waals surface area contributed by atoms with Crippen molar-refractivity contribution in [3.63, 3.8) is 0 Å². The second kappa shape index (κ2) is 9.61. The van der Waals surface area contributed by atoms with E-state index in [4.69, 9.17) is 9.26 Å². The molecule has 0 radical (unpaired) electrons. The van der Waals surface area contributed by atoms with Crippen LogP contribution in [0.25, 0.3) is 0 Å². The number of halogens is 1. The number of aliphatic imine (C=N–C) groups is 1. The van der Waals surface area contributed by atoms with Crippen molar-refractivity contribution in [2.24, 2.45) is 4.99 Å². The largest absolute Gasteiger partial charge is 0.489 e. The number of hydrogen-bond acceptors (Lipinski definition) is 5. The number of aryl methyl sites for hydroxylation is 2. The predicted octanol–water partition coefficient (Wildman–Crippen LogP) is 2.08. The van der Waals surface area contributed by atoms with Gasteiger partial charge >= 0.3 is 0 Å². The van der Waals surface area contributed by atoms with Crippen LogP contribution in [0.5, 0.6) is 5.75 Å². The Balaban J connectivity index is 1.64. The maximum absolute atomic E-state index is 12.9. The molecule has 0 aliphatic rings. The molecule has 7 nitrogen and oxygen atoms in total. The fourth-order valence-electron chi connectivity index (χ4n) is 2.14. The highest BCUT2D eigenvalue weighted by Crippen LogP contribution is 2.12. The van der Waals surface area contributed by atoms with Crippen LogP contribution in [0.2, 0.25) is 0 Å². The van der Waals surface area contributed by atoms with Crippen molar-refractivity contribution in [3.8, 4) is 5.75 Å². The molecule has 0 spiro atoms. The Morgan fingerprint density at radius 2 is 2.08 bits per heavy atom. The van der Waals surface area contributed by atoms with Gasteiger partial charge in [-0.2, -0.15) is 4.98 Å². The molecule has 2 rings (SSSR count). The molecule has 1 unspecified atom stereocenters. The summed E-state index contributed by atoms with van der Waals surface area (Å²) >= 11 is 0.